The Bertz CT molecular complexity index is 1140. The lowest BCUT2D eigenvalue weighted by Gasteiger charge is -2.28. The zero-order valence-electron chi connectivity index (χ0n) is 18.4. The van der Waals surface area contributed by atoms with Crippen LogP contribution in [0.3, 0.4) is 0 Å². The summed E-state index contributed by atoms with van der Waals surface area (Å²) in [6, 6.07) is 12.4. The second-order valence-corrected chi connectivity index (χ2v) is 8.97. The molecule has 2 aromatic carbocycles. The lowest BCUT2D eigenvalue weighted by molar-refractivity contribution is 0.103. The molecule has 0 aromatic heterocycles. The van der Waals surface area contributed by atoms with Crippen molar-refractivity contribution in [3.63, 3.8) is 0 Å². The third kappa shape index (κ3) is 3.27. The third-order valence-corrected chi connectivity index (χ3v) is 6.34. The molecule has 0 saturated carbocycles. The van der Waals surface area contributed by atoms with E-state index in [0.29, 0.717) is 16.8 Å². The van der Waals surface area contributed by atoms with Crippen LogP contribution in [0.2, 0.25) is 0 Å². The van der Waals surface area contributed by atoms with Crippen LogP contribution in [0.15, 0.2) is 65.2 Å². The standard InChI is InChI=1S/C27H27BO2/c1-16-7-6-8-22-24-19-12-10-18(30-5)15-23(19)26(29)21(11-9-17(2)28)20(24)13-14-27(3,4)25(16)22/h6-12,15H,13-14H2,1-5H3/b17-9+,21-11?. The van der Waals surface area contributed by atoms with Gasteiger partial charge in [0, 0.05) is 11.1 Å². The van der Waals surface area contributed by atoms with E-state index in [1.807, 2.05) is 37.3 Å². The van der Waals surface area contributed by atoms with E-state index in [-0.39, 0.29) is 11.2 Å². The van der Waals surface area contributed by atoms with E-state index < -0.39 is 0 Å². The number of carbonyl (C=O) groups is 1. The van der Waals surface area contributed by atoms with Gasteiger partial charge in [-0.05, 0) is 76.8 Å². The molecule has 0 spiro atoms. The molecule has 0 heterocycles. The number of methoxy groups -OCH3 is 1. The van der Waals surface area contributed by atoms with E-state index in [9.17, 15) is 4.79 Å². The molecular formula is C27H27BO2. The highest BCUT2D eigenvalue weighted by atomic mass is 16.5. The minimum absolute atomic E-state index is 0.0123. The van der Waals surface area contributed by atoms with Crippen molar-refractivity contribution in [3.05, 3.63) is 93.0 Å². The zero-order chi connectivity index (χ0) is 21.6. The van der Waals surface area contributed by atoms with Gasteiger partial charge in [-0.15, -0.1) is 5.47 Å². The maximum absolute atomic E-state index is 13.6. The predicted octanol–water partition coefficient (Wildman–Crippen LogP) is 6.07. The van der Waals surface area contributed by atoms with Gasteiger partial charge in [0.1, 0.15) is 13.6 Å². The summed E-state index contributed by atoms with van der Waals surface area (Å²) in [6.07, 6.45) is 5.54. The summed E-state index contributed by atoms with van der Waals surface area (Å²) in [6.45, 7) is 8.64. The molecule has 0 N–H and O–H groups in total. The van der Waals surface area contributed by atoms with Gasteiger partial charge in [0.25, 0.3) is 0 Å². The fourth-order valence-corrected chi connectivity index (χ4v) is 4.93. The number of hydrogen-bond acceptors (Lipinski definition) is 2. The first-order chi connectivity index (χ1) is 14.2. The third-order valence-electron chi connectivity index (χ3n) is 6.34. The zero-order valence-corrected chi connectivity index (χ0v) is 18.4. The number of ketones is 1. The maximum atomic E-state index is 13.6. The minimum Gasteiger partial charge on any atom is -0.497 e. The van der Waals surface area contributed by atoms with E-state index in [1.165, 1.54) is 22.3 Å². The van der Waals surface area contributed by atoms with Crippen LogP contribution in [-0.2, 0) is 5.41 Å². The van der Waals surface area contributed by atoms with Gasteiger partial charge in [-0.3, -0.25) is 4.79 Å². The van der Waals surface area contributed by atoms with Crippen LogP contribution >= 0.6 is 0 Å². The van der Waals surface area contributed by atoms with Gasteiger partial charge in [-0.25, -0.2) is 0 Å². The molecule has 0 bridgehead atoms. The van der Waals surface area contributed by atoms with Crippen LogP contribution < -0.4 is 4.74 Å². The molecule has 0 amide bonds. The monoisotopic (exact) mass is 394 g/mol. The smallest absolute Gasteiger partial charge is 0.194 e. The molecule has 2 aromatic rings. The molecule has 150 valence electrons. The number of fused-ring (bicyclic) bond motifs is 4. The summed E-state index contributed by atoms with van der Waals surface area (Å²) in [7, 11) is 7.53. The minimum atomic E-state index is 0.0123. The van der Waals surface area contributed by atoms with Crippen molar-refractivity contribution in [1.29, 1.82) is 0 Å². The van der Waals surface area contributed by atoms with Crippen LogP contribution in [0.4, 0.5) is 0 Å². The molecule has 0 atom stereocenters. The van der Waals surface area contributed by atoms with Crippen molar-refractivity contribution >= 4 is 19.2 Å². The molecule has 0 saturated heterocycles. The van der Waals surface area contributed by atoms with Crippen LogP contribution in [0, 0.1) is 6.92 Å². The number of rotatable bonds is 2. The van der Waals surface area contributed by atoms with Crippen molar-refractivity contribution in [1.82, 2.24) is 0 Å². The first kappa shape index (κ1) is 20.5. The van der Waals surface area contributed by atoms with E-state index in [2.05, 4.69) is 39.0 Å². The summed E-state index contributed by atoms with van der Waals surface area (Å²) in [5, 5.41) is 0. The molecule has 0 fully saturated rings. The molecule has 4 rings (SSSR count). The Morgan fingerprint density at radius 1 is 1.13 bits per heavy atom. The highest BCUT2D eigenvalue weighted by Crippen LogP contribution is 2.49. The Morgan fingerprint density at radius 3 is 2.60 bits per heavy atom. The average molecular weight is 394 g/mol. The number of hydrogen-bond donors (Lipinski definition) is 0. The number of ether oxygens (including phenoxy) is 1. The van der Waals surface area contributed by atoms with Crippen LogP contribution in [-0.4, -0.2) is 20.7 Å². The van der Waals surface area contributed by atoms with E-state index in [1.54, 1.807) is 7.11 Å². The van der Waals surface area contributed by atoms with Gasteiger partial charge in [0.15, 0.2) is 5.78 Å². The van der Waals surface area contributed by atoms with E-state index >= 15 is 0 Å². The predicted molar refractivity (Wildman–Crippen MR) is 124 cm³/mol. The maximum Gasteiger partial charge on any atom is 0.194 e. The van der Waals surface area contributed by atoms with Gasteiger partial charge in [0.05, 0.1) is 7.11 Å². The van der Waals surface area contributed by atoms with Gasteiger partial charge < -0.3 is 4.74 Å². The summed E-state index contributed by atoms with van der Waals surface area (Å²) in [5.74, 6) is 0.725. The number of benzene rings is 2. The first-order valence-corrected chi connectivity index (χ1v) is 10.5. The Morgan fingerprint density at radius 2 is 1.90 bits per heavy atom. The molecule has 2 aliphatic carbocycles. The van der Waals surface area contributed by atoms with E-state index in [4.69, 9.17) is 12.6 Å². The fourth-order valence-electron chi connectivity index (χ4n) is 4.93. The molecule has 2 radical (unpaired) electrons. The average Bonchev–Trinajstić information content (AvgIpc) is 2.82. The molecular weight excluding hydrogens is 367 g/mol. The molecule has 0 unspecified atom stereocenters. The summed E-state index contributed by atoms with van der Waals surface area (Å²) < 4.78 is 5.42. The number of carbonyl (C=O) groups excluding carboxylic acids is 1. The Hall–Kier alpha value is -2.81. The van der Waals surface area contributed by atoms with Crippen molar-refractivity contribution in [3.8, 4) is 5.75 Å². The lowest BCUT2D eigenvalue weighted by Crippen LogP contribution is -2.19. The highest BCUT2D eigenvalue weighted by molar-refractivity contribution is 6.22. The van der Waals surface area contributed by atoms with E-state index in [0.717, 1.165) is 29.6 Å². The number of allylic oxidation sites excluding steroid dienone is 5. The fraction of sp³-hybridized carbons (Fsp3) is 0.296. The summed E-state index contributed by atoms with van der Waals surface area (Å²) >= 11 is 0. The first-order valence-electron chi connectivity index (χ1n) is 10.5. The highest BCUT2D eigenvalue weighted by Gasteiger charge is 2.37. The largest absolute Gasteiger partial charge is 0.497 e. The summed E-state index contributed by atoms with van der Waals surface area (Å²) in [4.78, 5) is 13.6. The van der Waals surface area contributed by atoms with Crippen LogP contribution in [0.25, 0.3) is 5.57 Å². The van der Waals surface area contributed by atoms with Gasteiger partial charge in [-0.2, -0.15) is 0 Å². The van der Waals surface area contributed by atoms with Crippen molar-refractivity contribution in [2.24, 2.45) is 0 Å². The van der Waals surface area contributed by atoms with Gasteiger partial charge in [-0.1, -0.05) is 51.1 Å². The van der Waals surface area contributed by atoms with Crippen molar-refractivity contribution < 1.29 is 9.53 Å². The molecule has 2 aliphatic rings. The second-order valence-electron chi connectivity index (χ2n) is 8.97. The molecule has 0 aliphatic heterocycles. The van der Waals surface area contributed by atoms with Crippen LogP contribution in [0.5, 0.6) is 5.75 Å². The van der Waals surface area contributed by atoms with Crippen molar-refractivity contribution in [2.45, 2.75) is 46.0 Å². The Balaban J connectivity index is 2.11. The number of Topliss-reactive ketones (excluding diaryl/α,β-unsaturated/α-hetero) is 1. The van der Waals surface area contributed by atoms with Crippen molar-refractivity contribution in [2.75, 3.05) is 7.11 Å². The summed E-state index contributed by atoms with van der Waals surface area (Å²) in [5.41, 5.74) is 9.29. The Labute approximate surface area is 180 Å². The molecule has 30 heavy (non-hydrogen) atoms. The normalized spacial score (nSPS) is 19.2. The lowest BCUT2D eigenvalue weighted by atomic mass is 9.75. The Kier molecular flexibility index (Phi) is 5.09. The topological polar surface area (TPSA) is 26.3 Å². The quantitative estimate of drug-likeness (QED) is 0.456. The molecule has 2 nitrogen and oxygen atoms in total. The van der Waals surface area contributed by atoms with Gasteiger partial charge in [0.2, 0.25) is 0 Å². The van der Waals surface area contributed by atoms with Gasteiger partial charge >= 0.3 is 0 Å². The number of aryl methyl sites for hydroxylation is 1. The second kappa shape index (κ2) is 7.47. The SMILES string of the molecule is [B]/C(C)=C/C=C1C(=O)c2cc(OC)ccc2C2=C1CCC(C)(C)c1c(C)cccc12. The molecule has 3 heteroatoms. The van der Waals surface area contributed by atoms with Crippen LogP contribution in [0.1, 0.15) is 66.2 Å².